The minimum Gasteiger partial charge on any atom is -0.356 e. The Labute approximate surface area is 173 Å². The number of nitrogens with zero attached hydrogens (tertiary/aromatic N) is 3. The summed E-state index contributed by atoms with van der Waals surface area (Å²) in [6.07, 6.45) is 3.22. The van der Waals surface area contributed by atoms with E-state index >= 15 is 0 Å². The van der Waals surface area contributed by atoms with Gasteiger partial charge in [0.1, 0.15) is 5.69 Å². The first-order valence-corrected chi connectivity index (χ1v) is 10.9. The monoisotopic (exact) mass is 402 g/mol. The molecule has 1 N–H and O–H groups in total. The third-order valence-corrected chi connectivity index (χ3v) is 6.40. The molecule has 29 heavy (non-hydrogen) atoms. The second-order valence-corrected chi connectivity index (χ2v) is 8.84. The molecule has 1 atom stereocenters. The first kappa shape index (κ1) is 18.2. The van der Waals surface area contributed by atoms with Gasteiger partial charge in [0.2, 0.25) is 5.91 Å². The van der Waals surface area contributed by atoms with Gasteiger partial charge in [-0.15, -0.1) is 11.3 Å². The minimum absolute atomic E-state index is 0.110. The fourth-order valence-electron chi connectivity index (χ4n) is 4.23. The average Bonchev–Trinajstić information content (AvgIpc) is 3.19. The number of pyridine rings is 2. The van der Waals surface area contributed by atoms with Crippen molar-refractivity contribution in [3.63, 3.8) is 0 Å². The molecule has 4 aromatic rings. The minimum atomic E-state index is 0.110. The smallest absolute Gasteiger partial charge is 0.220 e. The van der Waals surface area contributed by atoms with Crippen molar-refractivity contribution in [2.75, 3.05) is 6.54 Å². The van der Waals surface area contributed by atoms with E-state index < -0.39 is 0 Å². The molecule has 0 aliphatic heterocycles. The Balaban J connectivity index is 1.60. The zero-order valence-corrected chi connectivity index (χ0v) is 17.3. The maximum absolute atomic E-state index is 12.1. The van der Waals surface area contributed by atoms with Gasteiger partial charge < -0.3 is 5.32 Å². The normalized spacial score (nSPS) is 15.1. The topological polar surface area (TPSA) is 67.8 Å². The van der Waals surface area contributed by atoms with Crippen LogP contribution >= 0.6 is 11.3 Å². The number of amides is 1. The third-order valence-electron chi connectivity index (χ3n) is 5.46. The van der Waals surface area contributed by atoms with Crippen molar-refractivity contribution < 1.29 is 4.79 Å². The van der Waals surface area contributed by atoms with E-state index in [9.17, 15) is 4.79 Å². The Kier molecular flexibility index (Phi) is 4.51. The highest BCUT2D eigenvalue weighted by Crippen LogP contribution is 2.47. The highest BCUT2D eigenvalue weighted by atomic mass is 32.1. The molecular weight excluding hydrogens is 380 g/mol. The number of nitrogens with one attached hydrogen (secondary N) is 1. The van der Waals surface area contributed by atoms with Crippen molar-refractivity contribution >= 4 is 38.9 Å². The van der Waals surface area contributed by atoms with Gasteiger partial charge in [-0.3, -0.25) is 14.8 Å². The zero-order chi connectivity index (χ0) is 20.0. The van der Waals surface area contributed by atoms with Gasteiger partial charge in [0.15, 0.2) is 0 Å². The van der Waals surface area contributed by atoms with Crippen LogP contribution in [0.1, 0.15) is 43.2 Å². The van der Waals surface area contributed by atoms with Crippen LogP contribution in [-0.2, 0) is 4.79 Å². The Morgan fingerprint density at radius 1 is 1.14 bits per heavy atom. The number of para-hydroxylation sites is 1. The lowest BCUT2D eigenvalue weighted by atomic mass is 9.86. The number of fused-ring (bicyclic) bond motifs is 4. The van der Waals surface area contributed by atoms with Gasteiger partial charge in [-0.2, -0.15) is 0 Å². The molecule has 0 bridgehead atoms. The average molecular weight is 403 g/mol. The number of hydrogen-bond acceptors (Lipinski definition) is 5. The molecule has 1 aliphatic rings. The molecule has 5 rings (SSSR count). The predicted octanol–water partition coefficient (Wildman–Crippen LogP) is 4.90. The van der Waals surface area contributed by atoms with Crippen molar-refractivity contribution in [3.8, 4) is 11.4 Å². The SMILES string of the molecule is CC(C)CC(=O)NCCC1c2scnc2-c2nccc3c2c1nc1ccccc13. The molecule has 1 aliphatic carbocycles. The Bertz CT molecular complexity index is 1230. The summed E-state index contributed by atoms with van der Waals surface area (Å²) < 4.78 is 0. The van der Waals surface area contributed by atoms with Gasteiger partial charge in [0.25, 0.3) is 0 Å². The highest BCUT2D eigenvalue weighted by molar-refractivity contribution is 7.10. The summed E-state index contributed by atoms with van der Waals surface area (Å²) in [4.78, 5) is 27.7. The van der Waals surface area contributed by atoms with E-state index in [2.05, 4.69) is 47.3 Å². The summed E-state index contributed by atoms with van der Waals surface area (Å²) in [6, 6.07) is 10.3. The molecule has 0 saturated heterocycles. The number of carbonyl (C=O) groups is 1. The van der Waals surface area contributed by atoms with E-state index in [-0.39, 0.29) is 11.8 Å². The fraction of sp³-hybridized carbons (Fsp3) is 0.304. The molecule has 0 saturated carbocycles. The molecule has 0 fully saturated rings. The molecule has 5 nitrogen and oxygen atoms in total. The summed E-state index contributed by atoms with van der Waals surface area (Å²) in [6.45, 7) is 4.74. The van der Waals surface area contributed by atoms with Crippen LogP contribution in [0.2, 0.25) is 0 Å². The van der Waals surface area contributed by atoms with Crippen molar-refractivity contribution in [2.24, 2.45) is 5.92 Å². The highest BCUT2D eigenvalue weighted by Gasteiger charge is 2.32. The number of aromatic nitrogens is 3. The number of benzene rings is 1. The maximum Gasteiger partial charge on any atom is 0.220 e. The fourth-order valence-corrected chi connectivity index (χ4v) is 5.16. The first-order chi connectivity index (χ1) is 14.1. The number of rotatable bonds is 5. The lowest BCUT2D eigenvalue weighted by Gasteiger charge is -2.24. The predicted molar refractivity (Wildman–Crippen MR) is 117 cm³/mol. The largest absolute Gasteiger partial charge is 0.356 e. The number of carbonyl (C=O) groups excluding carboxylic acids is 1. The van der Waals surface area contributed by atoms with Crippen LogP contribution in [0.15, 0.2) is 42.0 Å². The van der Waals surface area contributed by atoms with Crippen LogP contribution in [0, 0.1) is 5.92 Å². The Morgan fingerprint density at radius 2 is 2.00 bits per heavy atom. The lowest BCUT2D eigenvalue weighted by Crippen LogP contribution is -2.27. The van der Waals surface area contributed by atoms with E-state index in [0.29, 0.717) is 18.9 Å². The molecule has 146 valence electrons. The first-order valence-electron chi connectivity index (χ1n) is 10.0. The summed E-state index contributed by atoms with van der Waals surface area (Å²) in [5.41, 5.74) is 5.82. The van der Waals surface area contributed by atoms with Crippen LogP contribution in [-0.4, -0.2) is 27.4 Å². The van der Waals surface area contributed by atoms with Gasteiger partial charge in [-0.25, -0.2) is 4.98 Å². The van der Waals surface area contributed by atoms with Gasteiger partial charge in [-0.05, 0) is 29.9 Å². The standard InChI is InChI=1S/C23H22N4OS/c1-13(2)11-18(28)24-9-8-16-20-19-15(14-5-3-4-6-17(14)27-20)7-10-25-21(19)22-23(16)29-12-26-22/h3-7,10,12-13,16H,8-9,11H2,1-2H3,(H,24,28). The summed E-state index contributed by atoms with van der Waals surface area (Å²) in [5.74, 6) is 0.581. The van der Waals surface area contributed by atoms with Gasteiger partial charge in [-0.1, -0.05) is 32.0 Å². The molecule has 3 aromatic heterocycles. The molecule has 1 unspecified atom stereocenters. The maximum atomic E-state index is 12.1. The number of hydrogen-bond donors (Lipinski definition) is 1. The Morgan fingerprint density at radius 3 is 2.86 bits per heavy atom. The van der Waals surface area contributed by atoms with E-state index in [1.54, 1.807) is 11.3 Å². The van der Waals surface area contributed by atoms with Crippen LogP contribution in [0.5, 0.6) is 0 Å². The zero-order valence-electron chi connectivity index (χ0n) is 16.5. The molecule has 0 radical (unpaired) electrons. The molecule has 6 heteroatoms. The number of thiazole rings is 1. The second kappa shape index (κ2) is 7.19. The summed E-state index contributed by atoms with van der Waals surface area (Å²) >= 11 is 1.65. The summed E-state index contributed by atoms with van der Waals surface area (Å²) in [7, 11) is 0. The molecule has 1 amide bonds. The van der Waals surface area contributed by atoms with Gasteiger partial charge in [0, 0.05) is 40.7 Å². The molecular formula is C23H22N4OS. The van der Waals surface area contributed by atoms with Crippen molar-refractivity contribution in [2.45, 2.75) is 32.6 Å². The van der Waals surface area contributed by atoms with Crippen LogP contribution in [0.25, 0.3) is 33.1 Å². The van der Waals surface area contributed by atoms with Crippen LogP contribution in [0.3, 0.4) is 0 Å². The molecule has 1 aromatic carbocycles. The van der Waals surface area contributed by atoms with Gasteiger partial charge in [0.05, 0.1) is 22.4 Å². The van der Waals surface area contributed by atoms with Crippen molar-refractivity contribution in [1.82, 2.24) is 20.3 Å². The quantitative estimate of drug-likeness (QED) is 0.482. The molecule has 3 heterocycles. The van der Waals surface area contributed by atoms with E-state index in [1.807, 2.05) is 23.8 Å². The van der Waals surface area contributed by atoms with Crippen molar-refractivity contribution in [3.05, 3.63) is 52.6 Å². The second-order valence-electron chi connectivity index (χ2n) is 7.95. The third kappa shape index (κ3) is 3.08. The van der Waals surface area contributed by atoms with Crippen molar-refractivity contribution in [1.29, 1.82) is 0 Å². The molecule has 0 spiro atoms. The van der Waals surface area contributed by atoms with E-state index in [0.717, 1.165) is 39.8 Å². The van der Waals surface area contributed by atoms with E-state index in [1.165, 1.54) is 10.3 Å². The van der Waals surface area contributed by atoms with Gasteiger partial charge >= 0.3 is 0 Å². The summed E-state index contributed by atoms with van der Waals surface area (Å²) in [5, 5.41) is 6.49. The van der Waals surface area contributed by atoms with Crippen LogP contribution in [0.4, 0.5) is 0 Å². The van der Waals surface area contributed by atoms with Crippen LogP contribution < -0.4 is 5.32 Å². The van der Waals surface area contributed by atoms with E-state index in [4.69, 9.17) is 4.98 Å². The lowest BCUT2D eigenvalue weighted by molar-refractivity contribution is -0.121. The Hall–Kier alpha value is -2.86.